The van der Waals surface area contributed by atoms with Crippen molar-refractivity contribution in [1.82, 2.24) is 0 Å². The highest BCUT2D eigenvalue weighted by Gasteiger charge is 2.20. The number of benzene rings is 2. The molecule has 0 unspecified atom stereocenters. The molecule has 0 spiro atoms. The maximum absolute atomic E-state index is 13.2. The van der Waals surface area contributed by atoms with Crippen molar-refractivity contribution in [1.29, 1.82) is 0 Å². The third-order valence-electron chi connectivity index (χ3n) is 2.51. The molecule has 2 aromatic carbocycles. The fourth-order valence-corrected chi connectivity index (χ4v) is 3.55. The average molecular weight is 414 g/mol. The summed E-state index contributed by atoms with van der Waals surface area (Å²) in [5, 5.41) is 0.0670. The van der Waals surface area contributed by atoms with Gasteiger partial charge < -0.3 is 5.73 Å². The summed E-state index contributed by atoms with van der Waals surface area (Å²) in [6, 6.07) is 6.32. The van der Waals surface area contributed by atoms with E-state index in [0.717, 1.165) is 12.1 Å². The van der Waals surface area contributed by atoms with Gasteiger partial charge in [-0.2, -0.15) is 0 Å². The molecule has 0 saturated carbocycles. The molecule has 0 radical (unpaired) electrons. The van der Waals surface area contributed by atoms with E-state index in [9.17, 15) is 12.8 Å². The number of nitrogens with two attached hydrogens (primary N) is 1. The standard InChI is InChI=1S/C12H8BrCl2FN2O2S/c13-7-2-1-6(3-8(7)14)18-21(19,20)12-5-11(17)10(16)4-9(12)15/h1-5,18H,17H2. The number of sulfonamides is 1. The molecule has 2 rings (SSSR count). The van der Waals surface area contributed by atoms with Gasteiger partial charge in [0, 0.05) is 4.47 Å². The lowest BCUT2D eigenvalue weighted by molar-refractivity contribution is 0.600. The van der Waals surface area contributed by atoms with Crippen LogP contribution in [0.2, 0.25) is 10.0 Å². The van der Waals surface area contributed by atoms with Crippen molar-refractivity contribution in [3.05, 3.63) is 50.7 Å². The molecule has 0 heterocycles. The van der Waals surface area contributed by atoms with Crippen molar-refractivity contribution in [2.45, 2.75) is 4.90 Å². The highest BCUT2D eigenvalue weighted by atomic mass is 79.9. The second-order valence-corrected chi connectivity index (χ2v) is 7.36. The monoisotopic (exact) mass is 412 g/mol. The van der Waals surface area contributed by atoms with E-state index in [0.29, 0.717) is 9.50 Å². The van der Waals surface area contributed by atoms with Gasteiger partial charge in [-0.15, -0.1) is 0 Å². The molecule has 0 bridgehead atoms. The van der Waals surface area contributed by atoms with Crippen LogP contribution >= 0.6 is 39.1 Å². The third-order valence-corrected chi connectivity index (χ3v) is 5.59. The number of hydrogen-bond acceptors (Lipinski definition) is 3. The Balaban J connectivity index is 2.43. The average Bonchev–Trinajstić information content (AvgIpc) is 2.37. The van der Waals surface area contributed by atoms with E-state index >= 15 is 0 Å². The van der Waals surface area contributed by atoms with E-state index < -0.39 is 15.8 Å². The molecule has 0 aliphatic rings. The molecular formula is C12H8BrCl2FN2O2S. The van der Waals surface area contributed by atoms with Gasteiger partial charge in [-0.3, -0.25) is 4.72 Å². The molecule has 0 saturated heterocycles. The molecule has 112 valence electrons. The Labute approximate surface area is 139 Å². The fraction of sp³-hybridized carbons (Fsp3) is 0. The molecule has 0 aliphatic heterocycles. The maximum Gasteiger partial charge on any atom is 0.263 e. The lowest BCUT2D eigenvalue weighted by Crippen LogP contribution is -2.14. The molecule has 0 amide bonds. The Morgan fingerprint density at radius 1 is 1.14 bits per heavy atom. The Morgan fingerprint density at radius 3 is 2.43 bits per heavy atom. The quantitative estimate of drug-likeness (QED) is 0.737. The number of anilines is 2. The van der Waals surface area contributed by atoms with Gasteiger partial charge in [-0.05, 0) is 46.3 Å². The summed E-state index contributed by atoms with van der Waals surface area (Å²) in [7, 11) is -4.02. The number of halogens is 4. The highest BCUT2D eigenvalue weighted by Crippen LogP contribution is 2.30. The topological polar surface area (TPSA) is 72.2 Å². The second-order valence-electron chi connectivity index (χ2n) is 4.04. The number of nitrogen functional groups attached to an aromatic ring is 1. The first-order valence-electron chi connectivity index (χ1n) is 5.43. The van der Waals surface area contributed by atoms with Gasteiger partial charge >= 0.3 is 0 Å². The van der Waals surface area contributed by atoms with Crippen LogP contribution in [0.1, 0.15) is 0 Å². The first-order valence-corrected chi connectivity index (χ1v) is 8.46. The lowest BCUT2D eigenvalue weighted by Gasteiger charge is -2.11. The van der Waals surface area contributed by atoms with E-state index in [1.807, 2.05) is 0 Å². The van der Waals surface area contributed by atoms with Gasteiger partial charge in [0.15, 0.2) is 0 Å². The van der Waals surface area contributed by atoms with E-state index in [1.165, 1.54) is 12.1 Å². The van der Waals surface area contributed by atoms with Crippen LogP contribution in [0.5, 0.6) is 0 Å². The summed E-state index contributed by atoms with van der Waals surface area (Å²) in [4.78, 5) is -0.317. The zero-order chi connectivity index (χ0) is 15.8. The summed E-state index contributed by atoms with van der Waals surface area (Å²) in [5.41, 5.74) is 5.30. The predicted molar refractivity (Wildman–Crippen MR) is 85.8 cm³/mol. The minimum absolute atomic E-state index is 0.238. The minimum Gasteiger partial charge on any atom is -0.396 e. The Kier molecular flexibility index (Phi) is 4.67. The number of nitrogens with one attached hydrogen (secondary N) is 1. The Hall–Kier alpha value is -1.02. The van der Waals surface area contributed by atoms with Crippen molar-refractivity contribution in [3.63, 3.8) is 0 Å². The van der Waals surface area contributed by atoms with Crippen LogP contribution < -0.4 is 10.5 Å². The zero-order valence-electron chi connectivity index (χ0n) is 10.2. The van der Waals surface area contributed by atoms with Crippen molar-refractivity contribution < 1.29 is 12.8 Å². The summed E-state index contributed by atoms with van der Waals surface area (Å²) in [6.45, 7) is 0. The Morgan fingerprint density at radius 2 is 1.81 bits per heavy atom. The normalized spacial score (nSPS) is 11.4. The van der Waals surface area contributed by atoms with Crippen LogP contribution in [0.15, 0.2) is 39.7 Å². The van der Waals surface area contributed by atoms with Gasteiger partial charge in [0.2, 0.25) is 0 Å². The van der Waals surface area contributed by atoms with Crippen molar-refractivity contribution in [2.75, 3.05) is 10.5 Å². The number of hydrogen-bond donors (Lipinski definition) is 2. The van der Waals surface area contributed by atoms with Gasteiger partial charge in [-0.1, -0.05) is 23.2 Å². The molecule has 0 fully saturated rings. The summed E-state index contributed by atoms with van der Waals surface area (Å²) >= 11 is 14.8. The van der Waals surface area contributed by atoms with E-state index in [2.05, 4.69) is 20.7 Å². The van der Waals surface area contributed by atoms with Crippen molar-refractivity contribution in [3.8, 4) is 0 Å². The summed E-state index contributed by atoms with van der Waals surface area (Å²) < 4.78 is 40.6. The fourth-order valence-electron chi connectivity index (χ4n) is 1.52. The van der Waals surface area contributed by atoms with Gasteiger partial charge in [0.25, 0.3) is 10.0 Å². The highest BCUT2D eigenvalue weighted by molar-refractivity contribution is 9.10. The van der Waals surface area contributed by atoms with Gasteiger partial charge in [0.1, 0.15) is 10.7 Å². The first kappa shape index (κ1) is 16.4. The SMILES string of the molecule is Nc1cc(S(=O)(=O)Nc2ccc(Br)c(Cl)c2)c(Cl)cc1F. The minimum atomic E-state index is -4.02. The second kappa shape index (κ2) is 6.00. The molecule has 3 N–H and O–H groups in total. The molecule has 0 aliphatic carbocycles. The van der Waals surface area contributed by atoms with Crippen LogP contribution in [-0.2, 0) is 10.0 Å². The Bertz CT molecular complexity index is 815. The van der Waals surface area contributed by atoms with E-state index in [4.69, 9.17) is 28.9 Å². The summed E-state index contributed by atoms with van der Waals surface area (Å²) in [6.07, 6.45) is 0. The largest absolute Gasteiger partial charge is 0.396 e. The molecule has 21 heavy (non-hydrogen) atoms. The smallest absolute Gasteiger partial charge is 0.263 e. The molecule has 4 nitrogen and oxygen atoms in total. The van der Waals surface area contributed by atoms with Crippen LogP contribution in [0.25, 0.3) is 0 Å². The zero-order valence-corrected chi connectivity index (χ0v) is 14.1. The maximum atomic E-state index is 13.2. The van der Waals surface area contributed by atoms with E-state index in [-0.39, 0.29) is 21.3 Å². The van der Waals surface area contributed by atoms with E-state index in [1.54, 1.807) is 6.07 Å². The molecular weight excluding hydrogens is 406 g/mol. The molecule has 0 aromatic heterocycles. The van der Waals surface area contributed by atoms with Crippen LogP contribution in [-0.4, -0.2) is 8.42 Å². The summed E-state index contributed by atoms with van der Waals surface area (Å²) in [5.74, 6) is -0.786. The predicted octanol–water partition coefficient (Wildman–Crippen LogP) is 4.28. The third kappa shape index (κ3) is 3.60. The van der Waals surface area contributed by atoms with Gasteiger partial charge in [-0.25, -0.2) is 12.8 Å². The lowest BCUT2D eigenvalue weighted by atomic mass is 10.3. The van der Waals surface area contributed by atoms with Crippen LogP contribution in [0.4, 0.5) is 15.8 Å². The van der Waals surface area contributed by atoms with Crippen LogP contribution in [0.3, 0.4) is 0 Å². The van der Waals surface area contributed by atoms with Crippen molar-refractivity contribution in [2.24, 2.45) is 0 Å². The molecule has 2 aromatic rings. The van der Waals surface area contributed by atoms with Crippen LogP contribution in [0, 0.1) is 5.82 Å². The molecule has 9 heteroatoms. The van der Waals surface area contributed by atoms with Gasteiger partial charge in [0.05, 0.1) is 21.4 Å². The number of rotatable bonds is 3. The first-order chi connectivity index (χ1) is 9.70. The van der Waals surface area contributed by atoms with Crippen molar-refractivity contribution >= 4 is 60.5 Å². The molecule has 0 atom stereocenters.